The third-order valence-electron chi connectivity index (χ3n) is 0.974. The van der Waals surface area contributed by atoms with Crippen molar-refractivity contribution >= 4 is 5.91 Å². The van der Waals surface area contributed by atoms with Crippen LogP contribution >= 0.6 is 0 Å². The van der Waals surface area contributed by atoms with E-state index in [1.54, 1.807) is 0 Å². The molecule has 60 valence electrons. The molecule has 0 aromatic carbocycles. The van der Waals surface area contributed by atoms with Crippen molar-refractivity contribution in [2.45, 2.75) is 19.9 Å². The molecule has 0 aliphatic rings. The molecule has 1 amide bonds. The standard InChI is InChI=1S/C6H9N3O2/c1-4(2)8-5(10)6-9-7-3-11-6/h3-4H,1-2H3,(H,8,10). The predicted octanol–water partition coefficient (Wildman–Crippen LogP) is 0.208. The Morgan fingerprint density at radius 3 is 2.91 bits per heavy atom. The average molecular weight is 155 g/mol. The van der Waals surface area contributed by atoms with Gasteiger partial charge in [0.1, 0.15) is 0 Å². The summed E-state index contributed by atoms with van der Waals surface area (Å²) < 4.78 is 4.66. The van der Waals surface area contributed by atoms with E-state index in [9.17, 15) is 4.79 Å². The van der Waals surface area contributed by atoms with Gasteiger partial charge in [0.15, 0.2) is 0 Å². The molecule has 5 nitrogen and oxygen atoms in total. The van der Waals surface area contributed by atoms with Crippen LogP contribution in [0.4, 0.5) is 0 Å². The lowest BCUT2D eigenvalue weighted by Crippen LogP contribution is -2.30. The highest BCUT2D eigenvalue weighted by Gasteiger charge is 2.11. The zero-order valence-electron chi connectivity index (χ0n) is 6.37. The highest BCUT2D eigenvalue weighted by atomic mass is 16.4. The van der Waals surface area contributed by atoms with Gasteiger partial charge in [-0.25, -0.2) is 0 Å². The van der Waals surface area contributed by atoms with Crippen molar-refractivity contribution in [2.24, 2.45) is 0 Å². The van der Waals surface area contributed by atoms with E-state index in [0.29, 0.717) is 0 Å². The molecule has 1 N–H and O–H groups in total. The molecule has 0 bridgehead atoms. The van der Waals surface area contributed by atoms with E-state index < -0.39 is 0 Å². The van der Waals surface area contributed by atoms with Crippen molar-refractivity contribution < 1.29 is 9.21 Å². The van der Waals surface area contributed by atoms with Crippen molar-refractivity contribution in [3.05, 3.63) is 12.3 Å². The Hall–Kier alpha value is -1.39. The number of nitrogens with one attached hydrogen (secondary N) is 1. The van der Waals surface area contributed by atoms with E-state index in [-0.39, 0.29) is 17.8 Å². The molecule has 0 atom stereocenters. The van der Waals surface area contributed by atoms with Crippen LogP contribution in [0.5, 0.6) is 0 Å². The summed E-state index contributed by atoms with van der Waals surface area (Å²) in [5, 5.41) is 9.42. The van der Waals surface area contributed by atoms with Gasteiger partial charge >= 0.3 is 11.8 Å². The first-order valence-electron chi connectivity index (χ1n) is 3.27. The molecule has 0 spiro atoms. The Labute approximate surface area is 63.8 Å². The highest BCUT2D eigenvalue weighted by molar-refractivity contribution is 5.89. The van der Waals surface area contributed by atoms with Gasteiger partial charge in [-0.2, -0.15) is 0 Å². The fraction of sp³-hybridized carbons (Fsp3) is 0.500. The van der Waals surface area contributed by atoms with Crippen LogP contribution in [0.1, 0.15) is 24.5 Å². The number of carbonyl (C=O) groups is 1. The van der Waals surface area contributed by atoms with Gasteiger partial charge in [0.2, 0.25) is 6.39 Å². The quantitative estimate of drug-likeness (QED) is 0.662. The fourth-order valence-corrected chi connectivity index (χ4v) is 0.596. The molecule has 1 heterocycles. The number of nitrogens with zero attached hydrogens (tertiary/aromatic N) is 2. The first kappa shape index (κ1) is 7.71. The first-order chi connectivity index (χ1) is 5.20. The van der Waals surface area contributed by atoms with E-state index in [4.69, 9.17) is 0 Å². The first-order valence-corrected chi connectivity index (χ1v) is 3.27. The van der Waals surface area contributed by atoms with Crippen LogP contribution in [0.15, 0.2) is 10.8 Å². The van der Waals surface area contributed by atoms with Crippen molar-refractivity contribution in [1.82, 2.24) is 15.5 Å². The Kier molecular flexibility index (Phi) is 2.20. The lowest BCUT2D eigenvalue weighted by molar-refractivity contribution is 0.0908. The van der Waals surface area contributed by atoms with E-state index in [0.717, 1.165) is 6.39 Å². The SMILES string of the molecule is CC(C)NC(=O)c1nnco1. The van der Waals surface area contributed by atoms with Crippen LogP contribution in [0.25, 0.3) is 0 Å². The second-order valence-corrected chi connectivity index (χ2v) is 2.37. The number of hydrogen-bond donors (Lipinski definition) is 1. The van der Waals surface area contributed by atoms with Crippen LogP contribution in [0.3, 0.4) is 0 Å². The molecule has 0 saturated carbocycles. The minimum absolute atomic E-state index is 0.00120. The largest absolute Gasteiger partial charge is 0.420 e. The van der Waals surface area contributed by atoms with Crippen LogP contribution in [0.2, 0.25) is 0 Å². The van der Waals surface area contributed by atoms with Gasteiger partial charge in [-0.05, 0) is 13.8 Å². The Balaban J connectivity index is 2.57. The number of rotatable bonds is 2. The minimum Gasteiger partial charge on any atom is -0.420 e. The van der Waals surface area contributed by atoms with Crippen molar-refractivity contribution in [3.63, 3.8) is 0 Å². The second-order valence-electron chi connectivity index (χ2n) is 2.37. The van der Waals surface area contributed by atoms with Gasteiger partial charge in [-0.1, -0.05) is 0 Å². The Bertz CT molecular complexity index is 230. The summed E-state index contributed by atoms with van der Waals surface area (Å²) >= 11 is 0. The molecule has 0 aliphatic carbocycles. The second kappa shape index (κ2) is 3.14. The number of carbonyl (C=O) groups excluding carboxylic acids is 1. The number of amides is 1. The van der Waals surface area contributed by atoms with Crippen molar-refractivity contribution in [1.29, 1.82) is 0 Å². The normalized spacial score (nSPS) is 10.1. The highest BCUT2D eigenvalue weighted by Crippen LogP contribution is 1.91. The topological polar surface area (TPSA) is 68.0 Å². The fourth-order valence-electron chi connectivity index (χ4n) is 0.596. The van der Waals surface area contributed by atoms with E-state index >= 15 is 0 Å². The van der Waals surface area contributed by atoms with Gasteiger partial charge in [0, 0.05) is 6.04 Å². The summed E-state index contributed by atoms with van der Waals surface area (Å²) in [6.45, 7) is 3.71. The molecule has 0 fully saturated rings. The molecular formula is C6H9N3O2. The van der Waals surface area contributed by atoms with Crippen molar-refractivity contribution in [3.8, 4) is 0 Å². The van der Waals surface area contributed by atoms with Gasteiger partial charge in [-0.15, -0.1) is 10.2 Å². The molecule has 0 radical (unpaired) electrons. The molecule has 0 saturated heterocycles. The number of hydrogen-bond acceptors (Lipinski definition) is 4. The van der Waals surface area contributed by atoms with Gasteiger partial charge in [0.25, 0.3) is 0 Å². The Morgan fingerprint density at radius 2 is 2.45 bits per heavy atom. The zero-order valence-corrected chi connectivity index (χ0v) is 6.37. The lowest BCUT2D eigenvalue weighted by Gasteiger charge is -2.03. The van der Waals surface area contributed by atoms with Gasteiger partial charge < -0.3 is 9.73 Å². The minimum atomic E-state index is -0.336. The summed E-state index contributed by atoms with van der Waals surface area (Å²) in [5.41, 5.74) is 0. The number of aromatic nitrogens is 2. The van der Waals surface area contributed by atoms with Crippen LogP contribution in [0, 0.1) is 0 Å². The van der Waals surface area contributed by atoms with Gasteiger partial charge in [-0.3, -0.25) is 4.79 Å². The maximum atomic E-state index is 11.0. The van der Waals surface area contributed by atoms with E-state index in [1.807, 2.05) is 13.8 Å². The summed E-state index contributed by atoms with van der Waals surface area (Å²) in [5.74, 6) is -0.337. The van der Waals surface area contributed by atoms with E-state index in [2.05, 4.69) is 19.9 Å². The summed E-state index contributed by atoms with van der Waals surface area (Å²) in [4.78, 5) is 11.0. The zero-order chi connectivity index (χ0) is 8.27. The third kappa shape index (κ3) is 2.03. The Morgan fingerprint density at radius 1 is 1.73 bits per heavy atom. The maximum absolute atomic E-state index is 11.0. The molecule has 1 aromatic rings. The predicted molar refractivity (Wildman–Crippen MR) is 36.9 cm³/mol. The monoisotopic (exact) mass is 155 g/mol. The molecule has 11 heavy (non-hydrogen) atoms. The van der Waals surface area contributed by atoms with Crippen LogP contribution in [-0.2, 0) is 0 Å². The average Bonchev–Trinajstić information content (AvgIpc) is 2.35. The molecule has 5 heteroatoms. The van der Waals surface area contributed by atoms with E-state index in [1.165, 1.54) is 0 Å². The molecule has 1 aromatic heterocycles. The maximum Gasteiger partial charge on any atom is 0.309 e. The van der Waals surface area contributed by atoms with Crippen molar-refractivity contribution in [2.75, 3.05) is 0 Å². The molecular weight excluding hydrogens is 146 g/mol. The summed E-state index contributed by atoms with van der Waals surface area (Å²) in [7, 11) is 0. The van der Waals surface area contributed by atoms with Crippen LogP contribution < -0.4 is 5.32 Å². The third-order valence-corrected chi connectivity index (χ3v) is 0.974. The lowest BCUT2D eigenvalue weighted by atomic mass is 10.4. The van der Waals surface area contributed by atoms with Crippen LogP contribution in [-0.4, -0.2) is 22.1 Å². The summed E-state index contributed by atoms with van der Waals surface area (Å²) in [6.07, 6.45) is 1.12. The molecule has 1 rings (SSSR count). The van der Waals surface area contributed by atoms with Gasteiger partial charge in [0.05, 0.1) is 0 Å². The molecule has 0 unspecified atom stereocenters. The summed E-state index contributed by atoms with van der Waals surface area (Å²) in [6, 6.07) is 0.0781. The smallest absolute Gasteiger partial charge is 0.309 e. The molecule has 0 aliphatic heterocycles.